The highest BCUT2D eigenvalue weighted by Gasteiger charge is 2.27. The molecule has 0 aromatic rings. The summed E-state index contributed by atoms with van der Waals surface area (Å²) in [6.45, 7) is 3.99. The van der Waals surface area contributed by atoms with E-state index in [0.717, 1.165) is 31.3 Å². The zero-order valence-corrected chi connectivity index (χ0v) is 8.43. The van der Waals surface area contributed by atoms with Gasteiger partial charge in [-0.15, -0.1) is 0 Å². The van der Waals surface area contributed by atoms with Gasteiger partial charge in [-0.1, -0.05) is 29.3 Å². The second-order valence-corrected chi connectivity index (χ2v) is 3.80. The average Bonchev–Trinajstić information content (AvgIpc) is 2.33. The Labute approximate surface area is 76.1 Å². The number of likely N-dealkylation sites (tertiary alicyclic amines) is 1. The van der Waals surface area contributed by atoms with Crippen LogP contribution in [0.15, 0.2) is 0 Å². The van der Waals surface area contributed by atoms with Crippen molar-refractivity contribution in [2.24, 2.45) is 5.92 Å². The first-order valence-corrected chi connectivity index (χ1v) is 5.23. The minimum atomic E-state index is 0.330. The van der Waals surface area contributed by atoms with E-state index in [0.29, 0.717) is 11.8 Å². The molecule has 0 spiro atoms. The molecular weight excluding hydrogens is 206 g/mol. The predicted molar refractivity (Wildman–Crippen MR) is 48.8 cm³/mol. The molecule has 0 aliphatic carbocycles. The van der Waals surface area contributed by atoms with Crippen LogP contribution in [0.4, 0.5) is 0 Å². The number of alkyl halides is 1. The fourth-order valence-electron chi connectivity index (χ4n) is 1.45. The van der Waals surface area contributed by atoms with Gasteiger partial charge in [-0.2, -0.15) is 0 Å². The third-order valence-electron chi connectivity index (χ3n) is 2.23. The summed E-state index contributed by atoms with van der Waals surface area (Å²) < 4.78 is 0. The van der Waals surface area contributed by atoms with Crippen LogP contribution in [-0.4, -0.2) is 29.2 Å². The van der Waals surface area contributed by atoms with Crippen molar-refractivity contribution in [3.63, 3.8) is 0 Å². The van der Waals surface area contributed by atoms with Gasteiger partial charge in [0.15, 0.2) is 0 Å². The number of hydrogen-bond donors (Lipinski definition) is 0. The summed E-state index contributed by atoms with van der Waals surface area (Å²) in [5.74, 6) is 0.942. The normalized spacial score (nSPS) is 24.7. The van der Waals surface area contributed by atoms with E-state index in [4.69, 9.17) is 0 Å². The monoisotopic (exact) mass is 219 g/mol. The molecule has 1 rings (SSSR count). The minimum absolute atomic E-state index is 0.330. The molecule has 1 saturated heterocycles. The van der Waals surface area contributed by atoms with E-state index in [-0.39, 0.29) is 0 Å². The molecule has 0 saturated carbocycles. The first kappa shape index (κ1) is 9.04. The molecule has 64 valence electrons. The maximum Gasteiger partial charge on any atom is 0.222 e. The Bertz CT molecular complexity index is 149. The summed E-state index contributed by atoms with van der Waals surface area (Å²) in [7, 11) is 0. The molecule has 1 atom stereocenters. The van der Waals surface area contributed by atoms with Gasteiger partial charge >= 0.3 is 0 Å². The van der Waals surface area contributed by atoms with Crippen LogP contribution in [-0.2, 0) is 4.79 Å². The zero-order valence-electron chi connectivity index (χ0n) is 6.85. The van der Waals surface area contributed by atoms with Gasteiger partial charge in [-0.05, 0) is 5.92 Å². The molecule has 0 aromatic heterocycles. The van der Waals surface area contributed by atoms with E-state index < -0.39 is 0 Å². The van der Waals surface area contributed by atoms with Gasteiger partial charge in [0.2, 0.25) is 5.91 Å². The third kappa shape index (κ3) is 2.19. The number of carbonyl (C=O) groups excluding carboxylic acids is 1. The number of nitrogens with zero attached hydrogens (tertiary/aromatic N) is 1. The van der Waals surface area contributed by atoms with Gasteiger partial charge < -0.3 is 4.90 Å². The van der Waals surface area contributed by atoms with Crippen LogP contribution >= 0.6 is 15.9 Å². The molecule has 1 aliphatic rings. The van der Waals surface area contributed by atoms with Crippen LogP contribution in [0.25, 0.3) is 0 Å². The Hall–Kier alpha value is -0.0500. The van der Waals surface area contributed by atoms with Crippen molar-refractivity contribution in [2.75, 3.05) is 18.4 Å². The number of halogens is 1. The number of hydrogen-bond acceptors (Lipinski definition) is 1. The number of rotatable bonds is 3. The molecule has 0 radical (unpaired) electrons. The van der Waals surface area contributed by atoms with Crippen molar-refractivity contribution >= 4 is 21.8 Å². The van der Waals surface area contributed by atoms with Gasteiger partial charge in [0.25, 0.3) is 0 Å². The molecule has 0 bridgehead atoms. The smallest absolute Gasteiger partial charge is 0.222 e. The maximum atomic E-state index is 11.2. The van der Waals surface area contributed by atoms with Gasteiger partial charge in [0.1, 0.15) is 0 Å². The molecule has 1 unspecified atom stereocenters. The van der Waals surface area contributed by atoms with Crippen LogP contribution in [0.2, 0.25) is 0 Å². The van der Waals surface area contributed by atoms with Crippen LogP contribution < -0.4 is 0 Å². The lowest BCUT2D eigenvalue weighted by molar-refractivity contribution is -0.127. The fraction of sp³-hybridized carbons (Fsp3) is 0.875. The molecule has 3 heteroatoms. The highest BCUT2D eigenvalue weighted by atomic mass is 79.9. The lowest BCUT2D eigenvalue weighted by Crippen LogP contribution is -2.26. The van der Waals surface area contributed by atoms with Crippen molar-refractivity contribution in [1.82, 2.24) is 4.90 Å². The lowest BCUT2D eigenvalue weighted by atomic mass is 10.1. The summed E-state index contributed by atoms with van der Waals surface area (Å²) in [4.78, 5) is 13.2. The van der Waals surface area contributed by atoms with Crippen molar-refractivity contribution < 1.29 is 4.79 Å². The quantitative estimate of drug-likeness (QED) is 0.662. The van der Waals surface area contributed by atoms with Crippen molar-refractivity contribution in [1.29, 1.82) is 0 Å². The molecule has 0 aromatic carbocycles. The molecule has 1 aliphatic heterocycles. The Morgan fingerprint density at radius 3 is 2.91 bits per heavy atom. The molecular formula is C8H14BrNO. The van der Waals surface area contributed by atoms with Crippen LogP contribution in [0.1, 0.15) is 19.8 Å². The van der Waals surface area contributed by atoms with Crippen molar-refractivity contribution in [3.05, 3.63) is 0 Å². The Balaban J connectivity index is 2.38. The topological polar surface area (TPSA) is 20.3 Å². The molecule has 1 fully saturated rings. The second kappa shape index (κ2) is 4.10. The maximum absolute atomic E-state index is 11.2. The van der Waals surface area contributed by atoms with E-state index in [1.165, 1.54) is 0 Å². The summed E-state index contributed by atoms with van der Waals surface area (Å²) in [5.41, 5.74) is 0. The molecule has 1 amide bonds. The Morgan fingerprint density at radius 2 is 2.45 bits per heavy atom. The van der Waals surface area contributed by atoms with Gasteiger partial charge in [-0.25, -0.2) is 0 Å². The van der Waals surface area contributed by atoms with Crippen LogP contribution in [0, 0.1) is 5.92 Å². The van der Waals surface area contributed by atoms with Crippen LogP contribution in [0.3, 0.4) is 0 Å². The van der Waals surface area contributed by atoms with Gasteiger partial charge in [0.05, 0.1) is 0 Å². The summed E-state index contributed by atoms with van der Waals surface area (Å²) in [6.07, 6.45) is 1.90. The molecule has 11 heavy (non-hydrogen) atoms. The zero-order chi connectivity index (χ0) is 8.27. The van der Waals surface area contributed by atoms with Crippen LogP contribution in [0.5, 0.6) is 0 Å². The van der Waals surface area contributed by atoms with Crippen molar-refractivity contribution in [2.45, 2.75) is 19.8 Å². The highest BCUT2D eigenvalue weighted by Crippen LogP contribution is 2.19. The fourth-order valence-corrected chi connectivity index (χ4v) is 1.87. The first-order chi connectivity index (χ1) is 5.27. The number of carbonyl (C=O) groups is 1. The third-order valence-corrected chi connectivity index (χ3v) is 2.58. The average molecular weight is 220 g/mol. The van der Waals surface area contributed by atoms with Gasteiger partial charge in [0, 0.05) is 24.8 Å². The van der Waals surface area contributed by atoms with E-state index in [2.05, 4.69) is 22.9 Å². The standard InChI is InChI=1S/C8H14BrNO/c1-2-7-5-8(11)10(6-7)4-3-9/h7H,2-6H2,1H3. The molecule has 2 nitrogen and oxygen atoms in total. The summed E-state index contributed by atoms with van der Waals surface area (Å²) in [6, 6.07) is 0. The second-order valence-electron chi connectivity index (χ2n) is 3.01. The summed E-state index contributed by atoms with van der Waals surface area (Å²) >= 11 is 3.33. The molecule has 0 N–H and O–H groups in total. The largest absolute Gasteiger partial charge is 0.342 e. The van der Waals surface area contributed by atoms with Crippen molar-refractivity contribution in [3.8, 4) is 0 Å². The molecule has 1 heterocycles. The SMILES string of the molecule is CCC1CC(=O)N(CCBr)C1. The lowest BCUT2D eigenvalue weighted by Gasteiger charge is -2.13. The highest BCUT2D eigenvalue weighted by molar-refractivity contribution is 9.09. The van der Waals surface area contributed by atoms with E-state index in [1.54, 1.807) is 0 Å². The number of amides is 1. The van der Waals surface area contributed by atoms with E-state index in [1.807, 2.05) is 4.90 Å². The summed E-state index contributed by atoms with van der Waals surface area (Å²) in [5, 5.41) is 0.898. The predicted octanol–water partition coefficient (Wildman–Crippen LogP) is 1.64. The Kier molecular flexibility index (Phi) is 3.37. The van der Waals surface area contributed by atoms with Gasteiger partial charge in [-0.3, -0.25) is 4.79 Å². The Morgan fingerprint density at radius 1 is 1.73 bits per heavy atom. The minimum Gasteiger partial charge on any atom is -0.342 e. The first-order valence-electron chi connectivity index (χ1n) is 4.11. The van der Waals surface area contributed by atoms with E-state index >= 15 is 0 Å². The van der Waals surface area contributed by atoms with E-state index in [9.17, 15) is 4.79 Å².